The molecule has 1 heterocycles. The maximum Gasteiger partial charge on any atom is 0.146 e. The van der Waals surface area contributed by atoms with Crippen LogP contribution in [0.4, 0.5) is 0 Å². The average molecular weight is 251 g/mol. The molecule has 1 aliphatic heterocycles. The van der Waals surface area contributed by atoms with Crippen molar-refractivity contribution in [3.63, 3.8) is 0 Å². The molecule has 0 aliphatic carbocycles. The molecule has 0 bridgehead atoms. The Labute approximate surface area is 111 Å². The van der Waals surface area contributed by atoms with E-state index in [-0.39, 0.29) is 6.04 Å². The van der Waals surface area contributed by atoms with Crippen LogP contribution < -0.4 is 0 Å². The number of carbonyl (C=O) groups is 2. The van der Waals surface area contributed by atoms with E-state index in [2.05, 4.69) is 4.90 Å². The molecule has 3 nitrogen and oxygen atoms in total. The Morgan fingerprint density at radius 1 is 1.33 bits per heavy atom. The predicted molar refractivity (Wildman–Crippen MR) is 75.6 cm³/mol. The number of ketones is 1. The van der Waals surface area contributed by atoms with Crippen molar-refractivity contribution >= 4 is 12.1 Å². The minimum absolute atomic E-state index is 0.227. The lowest BCUT2D eigenvalue weighted by Gasteiger charge is -2.14. The summed E-state index contributed by atoms with van der Waals surface area (Å²) in [6, 6.07) is 0.227. The van der Waals surface area contributed by atoms with Crippen LogP contribution in [0.3, 0.4) is 0 Å². The Morgan fingerprint density at radius 3 is 2.44 bits per heavy atom. The Kier molecular flexibility index (Phi) is 10.2. The summed E-state index contributed by atoms with van der Waals surface area (Å²) in [7, 11) is 2.01. The summed E-state index contributed by atoms with van der Waals surface area (Å²) in [5, 5.41) is 0. The van der Waals surface area contributed by atoms with Crippen molar-refractivity contribution < 1.29 is 9.59 Å². The van der Waals surface area contributed by atoms with Gasteiger partial charge in [-0.2, -0.15) is 0 Å². The number of allylic oxidation sites excluding steroid dienone is 4. The van der Waals surface area contributed by atoms with Crippen LogP contribution in [0.5, 0.6) is 0 Å². The van der Waals surface area contributed by atoms with E-state index >= 15 is 0 Å². The molecule has 0 spiro atoms. The van der Waals surface area contributed by atoms with Gasteiger partial charge in [0.1, 0.15) is 12.1 Å². The molecule has 18 heavy (non-hydrogen) atoms. The largest absolute Gasteiger partial charge is 0.303 e. The number of nitrogens with zero attached hydrogens (tertiary/aromatic N) is 1. The number of hydrogen-bond donors (Lipinski definition) is 0. The molecule has 0 radical (unpaired) electrons. The normalized spacial score (nSPS) is 20.1. The fourth-order valence-corrected chi connectivity index (χ4v) is 1.87. The molecule has 1 fully saturated rings. The highest BCUT2D eigenvalue weighted by Crippen LogP contribution is 2.14. The molecule has 3 heteroatoms. The predicted octanol–water partition coefficient (Wildman–Crippen LogP) is 2.77. The molecule has 0 aromatic rings. The van der Waals surface area contributed by atoms with Crippen molar-refractivity contribution in [2.45, 2.75) is 45.6 Å². The summed E-state index contributed by atoms with van der Waals surface area (Å²) in [5.74, 6) is 0.315. The van der Waals surface area contributed by atoms with Crippen molar-refractivity contribution in [3.8, 4) is 0 Å². The number of Topliss-reactive ketones (excluding diaryl/α,β-unsaturated/α-hetero) is 1. The zero-order chi connectivity index (χ0) is 13.8. The summed E-state index contributed by atoms with van der Waals surface area (Å²) in [6.07, 6.45) is 12.5. The summed E-state index contributed by atoms with van der Waals surface area (Å²) >= 11 is 0. The fourth-order valence-electron chi connectivity index (χ4n) is 1.87. The van der Waals surface area contributed by atoms with Crippen LogP contribution in [-0.2, 0) is 9.59 Å². The van der Waals surface area contributed by atoms with E-state index in [0.717, 1.165) is 25.7 Å². The van der Waals surface area contributed by atoms with Gasteiger partial charge in [0.2, 0.25) is 0 Å². The van der Waals surface area contributed by atoms with Crippen LogP contribution in [0.1, 0.15) is 39.5 Å². The second kappa shape index (κ2) is 10.9. The van der Waals surface area contributed by atoms with E-state index in [4.69, 9.17) is 0 Å². The van der Waals surface area contributed by atoms with Gasteiger partial charge in [0.25, 0.3) is 0 Å². The summed E-state index contributed by atoms with van der Waals surface area (Å²) < 4.78 is 0. The smallest absolute Gasteiger partial charge is 0.146 e. The SMILES string of the molecule is C/C=C\C=C/CCC=O.CC(=O)[C@@H]1CCCN1C. The highest BCUT2D eigenvalue weighted by atomic mass is 16.1. The first kappa shape index (κ1) is 16.8. The number of unbranched alkanes of at least 4 members (excludes halogenated alkanes) is 1. The van der Waals surface area contributed by atoms with Gasteiger partial charge < -0.3 is 4.79 Å². The molecule has 1 aliphatic rings. The number of hydrogen-bond acceptors (Lipinski definition) is 3. The van der Waals surface area contributed by atoms with Crippen LogP contribution in [0.2, 0.25) is 0 Å². The second-order valence-electron chi connectivity index (χ2n) is 4.45. The Morgan fingerprint density at radius 2 is 2.06 bits per heavy atom. The van der Waals surface area contributed by atoms with Gasteiger partial charge >= 0.3 is 0 Å². The van der Waals surface area contributed by atoms with Crippen LogP contribution in [0.15, 0.2) is 24.3 Å². The number of likely N-dealkylation sites (N-methyl/N-ethyl adjacent to an activating group) is 1. The van der Waals surface area contributed by atoms with Gasteiger partial charge in [0.15, 0.2) is 0 Å². The number of aldehydes is 1. The molecular formula is C15H25NO2. The minimum atomic E-state index is 0.227. The van der Waals surface area contributed by atoms with Crippen LogP contribution >= 0.6 is 0 Å². The average Bonchev–Trinajstić information content (AvgIpc) is 2.76. The second-order valence-corrected chi connectivity index (χ2v) is 4.45. The topological polar surface area (TPSA) is 37.4 Å². The summed E-state index contributed by atoms with van der Waals surface area (Å²) in [5.41, 5.74) is 0. The zero-order valence-corrected chi connectivity index (χ0v) is 11.8. The van der Waals surface area contributed by atoms with Crippen LogP contribution in [0, 0.1) is 0 Å². The van der Waals surface area contributed by atoms with Crippen LogP contribution in [-0.4, -0.2) is 36.6 Å². The molecule has 1 atom stereocenters. The van der Waals surface area contributed by atoms with E-state index < -0.39 is 0 Å². The fraction of sp³-hybridized carbons (Fsp3) is 0.600. The van der Waals surface area contributed by atoms with E-state index in [1.807, 2.05) is 38.3 Å². The van der Waals surface area contributed by atoms with E-state index in [9.17, 15) is 9.59 Å². The van der Waals surface area contributed by atoms with Gasteiger partial charge in [-0.1, -0.05) is 24.3 Å². The van der Waals surface area contributed by atoms with E-state index in [0.29, 0.717) is 12.2 Å². The standard InChI is InChI=1S/C8H12O.C7H13NO/c1-2-3-4-5-6-7-8-9;1-6(9)7-4-3-5-8(7)2/h2-5,8H,6-7H2,1H3;7H,3-5H2,1-2H3/b3-2-,5-4-;/t;7-/m.0/s1. The van der Waals surface area contributed by atoms with Gasteiger partial charge in [0, 0.05) is 6.42 Å². The molecule has 0 amide bonds. The first-order valence-corrected chi connectivity index (χ1v) is 6.55. The van der Waals surface area contributed by atoms with E-state index in [1.165, 1.54) is 6.42 Å². The summed E-state index contributed by atoms with van der Waals surface area (Å²) in [6.45, 7) is 4.72. The third kappa shape index (κ3) is 7.96. The third-order valence-corrected chi connectivity index (χ3v) is 2.88. The van der Waals surface area contributed by atoms with Crippen molar-refractivity contribution in [1.29, 1.82) is 0 Å². The molecular weight excluding hydrogens is 226 g/mol. The maximum absolute atomic E-state index is 10.8. The molecule has 1 saturated heterocycles. The lowest BCUT2D eigenvalue weighted by molar-refractivity contribution is -0.120. The molecule has 0 saturated carbocycles. The molecule has 0 unspecified atom stereocenters. The van der Waals surface area contributed by atoms with Gasteiger partial charge in [0.05, 0.1) is 6.04 Å². The minimum Gasteiger partial charge on any atom is -0.303 e. The number of likely N-dealkylation sites (tertiary alicyclic amines) is 1. The van der Waals surface area contributed by atoms with Gasteiger partial charge in [-0.05, 0) is 46.7 Å². The Hall–Kier alpha value is -1.22. The lowest BCUT2D eigenvalue weighted by Crippen LogP contribution is -2.30. The highest BCUT2D eigenvalue weighted by molar-refractivity contribution is 5.81. The van der Waals surface area contributed by atoms with Gasteiger partial charge in [-0.3, -0.25) is 9.69 Å². The zero-order valence-electron chi connectivity index (χ0n) is 11.8. The first-order chi connectivity index (χ1) is 8.63. The number of carbonyl (C=O) groups excluding carboxylic acids is 2. The van der Waals surface area contributed by atoms with Gasteiger partial charge in [-0.25, -0.2) is 0 Å². The van der Waals surface area contributed by atoms with Crippen LogP contribution in [0.25, 0.3) is 0 Å². The quantitative estimate of drug-likeness (QED) is 0.428. The number of rotatable bonds is 5. The first-order valence-electron chi connectivity index (χ1n) is 6.55. The van der Waals surface area contributed by atoms with Gasteiger partial charge in [-0.15, -0.1) is 0 Å². The lowest BCUT2D eigenvalue weighted by atomic mass is 10.1. The van der Waals surface area contributed by atoms with Crippen molar-refractivity contribution in [3.05, 3.63) is 24.3 Å². The van der Waals surface area contributed by atoms with E-state index in [1.54, 1.807) is 6.92 Å². The Bertz CT molecular complexity index is 295. The molecule has 0 aromatic heterocycles. The third-order valence-electron chi connectivity index (χ3n) is 2.88. The molecule has 0 aromatic carbocycles. The van der Waals surface area contributed by atoms with Crippen molar-refractivity contribution in [2.75, 3.05) is 13.6 Å². The highest BCUT2D eigenvalue weighted by Gasteiger charge is 2.23. The molecule has 0 N–H and O–H groups in total. The Balaban J connectivity index is 0.000000321. The molecule has 1 rings (SSSR count). The van der Waals surface area contributed by atoms with Crippen molar-refractivity contribution in [2.24, 2.45) is 0 Å². The molecule has 102 valence electrons. The van der Waals surface area contributed by atoms with Crippen molar-refractivity contribution in [1.82, 2.24) is 4.90 Å². The monoisotopic (exact) mass is 251 g/mol. The summed E-state index contributed by atoms with van der Waals surface area (Å²) in [4.78, 5) is 22.7. The maximum atomic E-state index is 10.8.